The minimum atomic E-state index is -0.279. The van der Waals surface area contributed by atoms with E-state index in [0.29, 0.717) is 11.8 Å². The average Bonchev–Trinajstić information content (AvgIpc) is 3.44. The van der Waals surface area contributed by atoms with E-state index in [0.717, 1.165) is 32.5 Å². The highest BCUT2D eigenvalue weighted by atomic mass is 16.3. The Labute approximate surface area is 157 Å². The maximum atomic E-state index is 13.3. The zero-order valence-corrected chi connectivity index (χ0v) is 15.8. The number of hydrogen-bond donors (Lipinski definition) is 1. The standard InChI is InChI=1S/C22H32N2O2/c25-17-19-16-24(15-18(19)14-23-12-6-1-2-7-13-23)21(26)22(10-11-22)20-8-4-3-5-9-20/h3-5,8-9,18-19,25H,1-2,6-7,10-17H2/t18-,19-/m1/s1. The van der Waals surface area contributed by atoms with Gasteiger partial charge >= 0.3 is 0 Å². The molecule has 2 aliphatic heterocycles. The number of aliphatic hydroxyl groups excluding tert-OH is 1. The summed E-state index contributed by atoms with van der Waals surface area (Å²) in [6.45, 7) is 5.12. The Hall–Kier alpha value is -1.39. The molecule has 3 aliphatic rings. The second-order valence-corrected chi connectivity index (χ2v) is 8.58. The molecule has 0 bridgehead atoms. The summed E-state index contributed by atoms with van der Waals surface area (Å²) in [5.74, 6) is 0.933. The molecule has 4 nitrogen and oxygen atoms in total. The van der Waals surface area contributed by atoms with Gasteiger partial charge in [-0.15, -0.1) is 0 Å². The van der Waals surface area contributed by atoms with E-state index in [1.165, 1.54) is 44.3 Å². The summed E-state index contributed by atoms with van der Waals surface area (Å²) in [7, 11) is 0. The topological polar surface area (TPSA) is 43.8 Å². The number of hydrogen-bond acceptors (Lipinski definition) is 3. The molecule has 1 saturated carbocycles. The van der Waals surface area contributed by atoms with Crippen molar-refractivity contribution in [2.24, 2.45) is 11.8 Å². The molecule has 4 heteroatoms. The van der Waals surface area contributed by atoms with Gasteiger partial charge in [0.15, 0.2) is 0 Å². The summed E-state index contributed by atoms with van der Waals surface area (Å²) in [4.78, 5) is 17.9. The third kappa shape index (κ3) is 3.54. The molecular weight excluding hydrogens is 324 g/mol. The van der Waals surface area contributed by atoms with Crippen molar-refractivity contribution in [2.45, 2.75) is 43.9 Å². The first-order valence-electron chi connectivity index (χ1n) is 10.4. The van der Waals surface area contributed by atoms with Crippen LogP contribution in [0.3, 0.4) is 0 Å². The van der Waals surface area contributed by atoms with Crippen molar-refractivity contribution >= 4 is 5.91 Å². The van der Waals surface area contributed by atoms with Crippen molar-refractivity contribution in [3.05, 3.63) is 35.9 Å². The zero-order valence-electron chi connectivity index (χ0n) is 15.8. The third-order valence-corrected chi connectivity index (χ3v) is 6.78. The molecule has 0 unspecified atom stereocenters. The molecule has 1 N–H and O–H groups in total. The van der Waals surface area contributed by atoms with Crippen molar-refractivity contribution in [3.63, 3.8) is 0 Å². The lowest BCUT2D eigenvalue weighted by Crippen LogP contribution is -2.39. The molecule has 26 heavy (non-hydrogen) atoms. The highest BCUT2D eigenvalue weighted by Crippen LogP contribution is 2.50. The van der Waals surface area contributed by atoms with Crippen molar-refractivity contribution in [1.29, 1.82) is 0 Å². The Balaban J connectivity index is 1.42. The van der Waals surface area contributed by atoms with Gasteiger partial charge in [-0.05, 0) is 50.3 Å². The number of nitrogens with zero attached hydrogens (tertiary/aromatic N) is 2. The van der Waals surface area contributed by atoms with E-state index in [2.05, 4.69) is 21.9 Å². The van der Waals surface area contributed by atoms with Crippen LogP contribution < -0.4 is 0 Å². The number of carbonyl (C=O) groups excluding carboxylic acids is 1. The normalized spacial score (nSPS) is 28.7. The number of rotatable bonds is 5. The third-order valence-electron chi connectivity index (χ3n) is 6.78. The van der Waals surface area contributed by atoms with Gasteiger partial charge in [-0.1, -0.05) is 43.2 Å². The van der Waals surface area contributed by atoms with Crippen LogP contribution >= 0.6 is 0 Å². The molecule has 1 aromatic carbocycles. The Kier molecular flexibility index (Phi) is 5.32. The first kappa shape index (κ1) is 18.0. The van der Waals surface area contributed by atoms with Gasteiger partial charge < -0.3 is 14.9 Å². The van der Waals surface area contributed by atoms with Crippen LogP contribution in [0, 0.1) is 11.8 Å². The van der Waals surface area contributed by atoms with Crippen LogP contribution in [0.25, 0.3) is 0 Å². The number of aliphatic hydroxyl groups is 1. The summed E-state index contributed by atoms with van der Waals surface area (Å²) in [6, 6.07) is 10.3. The lowest BCUT2D eigenvalue weighted by atomic mass is 9.94. The molecule has 4 rings (SSSR count). The maximum absolute atomic E-state index is 13.3. The van der Waals surface area contributed by atoms with Crippen LogP contribution in [0.1, 0.15) is 44.1 Å². The largest absolute Gasteiger partial charge is 0.396 e. The van der Waals surface area contributed by atoms with Crippen LogP contribution in [0.15, 0.2) is 30.3 Å². The molecule has 142 valence electrons. The van der Waals surface area contributed by atoms with E-state index in [1.54, 1.807) is 0 Å². The lowest BCUT2D eigenvalue weighted by molar-refractivity contribution is -0.133. The van der Waals surface area contributed by atoms with Crippen molar-refractivity contribution < 1.29 is 9.90 Å². The fraction of sp³-hybridized carbons (Fsp3) is 0.682. The molecule has 2 heterocycles. The summed E-state index contributed by atoms with van der Waals surface area (Å²) in [5.41, 5.74) is 0.889. The Bertz CT molecular complexity index is 606. The molecule has 2 saturated heterocycles. The second kappa shape index (κ2) is 7.69. The monoisotopic (exact) mass is 356 g/mol. The van der Waals surface area contributed by atoms with Crippen LogP contribution in [-0.2, 0) is 10.2 Å². The smallest absolute Gasteiger partial charge is 0.233 e. The summed E-state index contributed by atoms with van der Waals surface area (Å²) in [6.07, 6.45) is 7.19. The van der Waals surface area contributed by atoms with Crippen LogP contribution in [0.5, 0.6) is 0 Å². The maximum Gasteiger partial charge on any atom is 0.233 e. The van der Waals surface area contributed by atoms with Gasteiger partial charge in [-0.25, -0.2) is 0 Å². The van der Waals surface area contributed by atoms with Gasteiger partial charge in [0.1, 0.15) is 0 Å². The zero-order chi connectivity index (χ0) is 18.0. The second-order valence-electron chi connectivity index (χ2n) is 8.58. The summed E-state index contributed by atoms with van der Waals surface area (Å²) in [5, 5.41) is 9.90. The Morgan fingerprint density at radius 2 is 1.65 bits per heavy atom. The fourth-order valence-corrected chi connectivity index (χ4v) is 4.98. The number of carbonyl (C=O) groups is 1. The van der Waals surface area contributed by atoms with Crippen molar-refractivity contribution in [1.82, 2.24) is 9.80 Å². The van der Waals surface area contributed by atoms with Crippen molar-refractivity contribution in [3.8, 4) is 0 Å². The van der Waals surface area contributed by atoms with Gasteiger partial charge in [0.05, 0.1) is 5.41 Å². The van der Waals surface area contributed by atoms with Crippen LogP contribution in [0.2, 0.25) is 0 Å². The molecule has 3 fully saturated rings. The van der Waals surface area contributed by atoms with Gasteiger partial charge in [0.25, 0.3) is 0 Å². The van der Waals surface area contributed by atoms with Gasteiger partial charge in [0.2, 0.25) is 5.91 Å². The minimum absolute atomic E-state index is 0.195. The quantitative estimate of drug-likeness (QED) is 0.882. The van der Waals surface area contributed by atoms with Gasteiger partial charge in [-0.2, -0.15) is 0 Å². The van der Waals surface area contributed by atoms with E-state index in [1.807, 2.05) is 18.2 Å². The first-order chi connectivity index (χ1) is 12.7. The molecule has 1 aromatic rings. The molecule has 1 amide bonds. The van der Waals surface area contributed by atoms with E-state index in [-0.39, 0.29) is 17.9 Å². The molecule has 2 atom stereocenters. The first-order valence-corrected chi connectivity index (χ1v) is 10.4. The van der Waals surface area contributed by atoms with Gasteiger partial charge in [0, 0.05) is 32.2 Å². The van der Waals surface area contributed by atoms with E-state index in [9.17, 15) is 9.90 Å². The summed E-state index contributed by atoms with van der Waals surface area (Å²) < 4.78 is 0. The van der Waals surface area contributed by atoms with E-state index < -0.39 is 0 Å². The molecule has 0 spiro atoms. The molecular formula is C22H32N2O2. The Morgan fingerprint density at radius 3 is 2.27 bits per heavy atom. The highest BCUT2D eigenvalue weighted by Gasteiger charge is 2.54. The number of amides is 1. The predicted molar refractivity (Wildman–Crippen MR) is 103 cm³/mol. The molecule has 0 radical (unpaired) electrons. The van der Waals surface area contributed by atoms with Crippen LogP contribution in [0.4, 0.5) is 0 Å². The highest BCUT2D eigenvalue weighted by molar-refractivity contribution is 5.91. The van der Waals surface area contributed by atoms with E-state index in [4.69, 9.17) is 0 Å². The van der Waals surface area contributed by atoms with E-state index >= 15 is 0 Å². The average molecular weight is 357 g/mol. The molecule has 0 aromatic heterocycles. The minimum Gasteiger partial charge on any atom is -0.396 e. The predicted octanol–water partition coefficient (Wildman–Crippen LogP) is 2.66. The SMILES string of the molecule is O=C(N1C[C@@H](CN2CCCCCC2)[C@@H](CO)C1)C1(c2ccccc2)CC1. The van der Waals surface area contributed by atoms with Crippen LogP contribution in [-0.4, -0.2) is 60.1 Å². The van der Waals surface area contributed by atoms with Gasteiger partial charge in [-0.3, -0.25) is 4.79 Å². The number of benzene rings is 1. The molecule has 1 aliphatic carbocycles. The summed E-state index contributed by atoms with van der Waals surface area (Å²) >= 11 is 0. The van der Waals surface area contributed by atoms with Crippen molar-refractivity contribution in [2.75, 3.05) is 39.3 Å². The lowest BCUT2D eigenvalue weighted by Gasteiger charge is -2.26. The Morgan fingerprint density at radius 1 is 1.00 bits per heavy atom. The fourth-order valence-electron chi connectivity index (χ4n) is 4.98. The number of likely N-dealkylation sites (tertiary alicyclic amines) is 2.